The van der Waals surface area contributed by atoms with Crippen LogP contribution in [-0.4, -0.2) is 66.2 Å². The van der Waals surface area contributed by atoms with Gasteiger partial charge in [-0.1, -0.05) is 60.7 Å². The summed E-state index contributed by atoms with van der Waals surface area (Å²) in [5, 5.41) is 0. The molecule has 1 heterocycles. The van der Waals surface area contributed by atoms with E-state index >= 15 is 0 Å². The number of hydrogen-bond donors (Lipinski definition) is 0. The summed E-state index contributed by atoms with van der Waals surface area (Å²) < 4.78 is 5.71. The van der Waals surface area contributed by atoms with E-state index in [0.29, 0.717) is 19.7 Å². The smallest absolute Gasteiger partial charge is 0.409 e. The second-order valence-corrected chi connectivity index (χ2v) is 7.58. The maximum atomic E-state index is 12.4. The summed E-state index contributed by atoms with van der Waals surface area (Å²) in [6, 6.07) is 21.3. The standard InChI is InChI=1S/C24H33N3O2.ClH/c1-3-26(4-2)24(28)29-20-23-19-25(17-21-11-7-5-8-12-21)15-16-27(23)18-22-13-9-6-10-14-22;/h5-14,23H,3-4,15-20H2,1-2H3;1H. The average molecular weight is 432 g/mol. The molecule has 0 bridgehead atoms. The number of piperazine rings is 1. The minimum atomic E-state index is -0.213. The van der Waals surface area contributed by atoms with Gasteiger partial charge in [-0.3, -0.25) is 9.80 Å². The molecule has 0 N–H and O–H groups in total. The second kappa shape index (κ2) is 12.6. The van der Waals surface area contributed by atoms with Gasteiger partial charge >= 0.3 is 6.09 Å². The monoisotopic (exact) mass is 431 g/mol. The van der Waals surface area contributed by atoms with Gasteiger partial charge in [-0.25, -0.2) is 4.79 Å². The van der Waals surface area contributed by atoms with Crippen LogP contribution in [0.2, 0.25) is 0 Å². The lowest BCUT2D eigenvalue weighted by Crippen LogP contribution is -2.54. The van der Waals surface area contributed by atoms with Gasteiger partial charge in [0, 0.05) is 45.8 Å². The molecule has 0 saturated carbocycles. The van der Waals surface area contributed by atoms with Crippen LogP contribution in [-0.2, 0) is 17.8 Å². The minimum Gasteiger partial charge on any atom is -0.448 e. The Morgan fingerprint density at radius 2 is 1.50 bits per heavy atom. The third-order valence-electron chi connectivity index (χ3n) is 5.59. The van der Waals surface area contributed by atoms with E-state index in [1.54, 1.807) is 4.90 Å². The van der Waals surface area contributed by atoms with Gasteiger partial charge in [0.05, 0.1) is 6.04 Å². The van der Waals surface area contributed by atoms with Crippen molar-refractivity contribution >= 4 is 18.5 Å². The summed E-state index contributed by atoms with van der Waals surface area (Å²) in [5.41, 5.74) is 2.62. The summed E-state index contributed by atoms with van der Waals surface area (Å²) >= 11 is 0. The lowest BCUT2D eigenvalue weighted by molar-refractivity contribution is 0.0153. The lowest BCUT2D eigenvalue weighted by atomic mass is 10.1. The predicted molar refractivity (Wildman–Crippen MR) is 124 cm³/mol. The van der Waals surface area contributed by atoms with Crippen molar-refractivity contribution in [3.05, 3.63) is 71.8 Å². The van der Waals surface area contributed by atoms with Crippen LogP contribution in [0.15, 0.2) is 60.7 Å². The fraction of sp³-hybridized carbons (Fsp3) is 0.458. The first-order valence-electron chi connectivity index (χ1n) is 10.7. The third-order valence-corrected chi connectivity index (χ3v) is 5.59. The third kappa shape index (κ3) is 7.01. The van der Waals surface area contributed by atoms with Crippen LogP contribution in [0, 0.1) is 0 Å². The molecule has 1 atom stereocenters. The van der Waals surface area contributed by atoms with Crippen molar-refractivity contribution < 1.29 is 9.53 Å². The first-order valence-corrected chi connectivity index (χ1v) is 10.7. The zero-order valence-corrected chi connectivity index (χ0v) is 18.9. The Morgan fingerprint density at radius 3 is 2.07 bits per heavy atom. The van der Waals surface area contributed by atoms with Crippen molar-refractivity contribution in [1.29, 1.82) is 0 Å². The maximum absolute atomic E-state index is 12.4. The zero-order valence-electron chi connectivity index (χ0n) is 18.1. The molecule has 0 spiro atoms. The highest BCUT2D eigenvalue weighted by Crippen LogP contribution is 2.17. The van der Waals surface area contributed by atoms with Crippen LogP contribution in [0.3, 0.4) is 0 Å². The molecule has 1 aliphatic heterocycles. The summed E-state index contributed by atoms with van der Waals surface area (Å²) in [6.07, 6.45) is -0.213. The Bertz CT molecular complexity index is 741. The van der Waals surface area contributed by atoms with Gasteiger partial charge in [0.25, 0.3) is 0 Å². The quantitative estimate of drug-likeness (QED) is 0.625. The Balaban J connectivity index is 0.00000320. The Hall–Kier alpha value is -2.08. The molecule has 2 aromatic rings. The van der Waals surface area contributed by atoms with Crippen molar-refractivity contribution in [3.8, 4) is 0 Å². The number of hydrogen-bond acceptors (Lipinski definition) is 4. The van der Waals surface area contributed by atoms with E-state index in [9.17, 15) is 4.79 Å². The van der Waals surface area contributed by atoms with Crippen LogP contribution in [0.4, 0.5) is 4.79 Å². The minimum absolute atomic E-state index is 0. The topological polar surface area (TPSA) is 36.0 Å². The summed E-state index contributed by atoms with van der Waals surface area (Å²) in [6.45, 7) is 10.4. The zero-order chi connectivity index (χ0) is 20.5. The molecule has 1 saturated heterocycles. The predicted octanol–water partition coefficient (Wildman–Crippen LogP) is 4.27. The SMILES string of the molecule is CCN(CC)C(=O)OCC1CN(Cc2ccccc2)CCN1Cc1ccccc1.Cl. The number of carbonyl (C=O) groups excluding carboxylic acids is 1. The number of benzene rings is 2. The number of rotatable bonds is 8. The van der Waals surface area contributed by atoms with Crippen LogP contribution >= 0.6 is 12.4 Å². The molecule has 1 unspecified atom stereocenters. The molecule has 30 heavy (non-hydrogen) atoms. The van der Waals surface area contributed by atoms with Crippen molar-refractivity contribution in [1.82, 2.24) is 14.7 Å². The van der Waals surface area contributed by atoms with E-state index < -0.39 is 0 Å². The van der Waals surface area contributed by atoms with Gasteiger partial charge in [-0.15, -0.1) is 12.4 Å². The van der Waals surface area contributed by atoms with E-state index in [4.69, 9.17) is 4.74 Å². The normalized spacial score (nSPS) is 17.2. The first-order chi connectivity index (χ1) is 14.2. The van der Waals surface area contributed by atoms with Crippen molar-refractivity contribution in [2.75, 3.05) is 39.3 Å². The fourth-order valence-electron chi connectivity index (χ4n) is 3.87. The maximum Gasteiger partial charge on any atom is 0.409 e. The number of carbonyl (C=O) groups is 1. The molecular formula is C24H34ClN3O2. The number of halogens is 1. The number of amides is 1. The Labute approximate surface area is 187 Å². The van der Waals surface area contributed by atoms with Crippen molar-refractivity contribution in [2.45, 2.75) is 33.0 Å². The van der Waals surface area contributed by atoms with Crippen LogP contribution in [0.1, 0.15) is 25.0 Å². The Kier molecular flexibility index (Phi) is 10.1. The van der Waals surface area contributed by atoms with Crippen LogP contribution < -0.4 is 0 Å². The van der Waals surface area contributed by atoms with E-state index in [1.165, 1.54) is 11.1 Å². The molecular weight excluding hydrogens is 398 g/mol. The lowest BCUT2D eigenvalue weighted by Gasteiger charge is -2.41. The molecule has 6 heteroatoms. The van der Waals surface area contributed by atoms with Gasteiger partial charge in [0.1, 0.15) is 6.61 Å². The summed E-state index contributed by atoms with van der Waals surface area (Å²) in [5.74, 6) is 0. The number of nitrogens with zero attached hydrogens (tertiary/aromatic N) is 3. The molecule has 2 aromatic carbocycles. The molecule has 0 aromatic heterocycles. The van der Waals surface area contributed by atoms with Gasteiger partial charge in [0.2, 0.25) is 0 Å². The highest BCUT2D eigenvalue weighted by Gasteiger charge is 2.28. The largest absolute Gasteiger partial charge is 0.448 e. The Morgan fingerprint density at radius 1 is 0.933 bits per heavy atom. The van der Waals surface area contributed by atoms with E-state index in [2.05, 4.69) is 64.4 Å². The van der Waals surface area contributed by atoms with Crippen molar-refractivity contribution in [3.63, 3.8) is 0 Å². The molecule has 1 fully saturated rings. The molecule has 0 radical (unpaired) electrons. The van der Waals surface area contributed by atoms with Gasteiger partial charge in [0.15, 0.2) is 0 Å². The van der Waals surface area contributed by atoms with E-state index in [1.807, 2.05) is 19.9 Å². The highest BCUT2D eigenvalue weighted by molar-refractivity contribution is 5.85. The summed E-state index contributed by atoms with van der Waals surface area (Å²) in [7, 11) is 0. The number of ether oxygens (including phenoxy) is 1. The fourth-order valence-corrected chi connectivity index (χ4v) is 3.87. The van der Waals surface area contributed by atoms with Gasteiger partial charge in [-0.2, -0.15) is 0 Å². The molecule has 0 aliphatic carbocycles. The van der Waals surface area contributed by atoms with Crippen molar-refractivity contribution in [2.24, 2.45) is 0 Å². The molecule has 1 amide bonds. The summed E-state index contributed by atoms with van der Waals surface area (Å²) in [4.78, 5) is 19.0. The second-order valence-electron chi connectivity index (χ2n) is 7.58. The molecule has 5 nitrogen and oxygen atoms in total. The molecule has 1 aliphatic rings. The average Bonchev–Trinajstić information content (AvgIpc) is 2.76. The van der Waals surface area contributed by atoms with E-state index in [-0.39, 0.29) is 24.5 Å². The van der Waals surface area contributed by atoms with Crippen LogP contribution in [0.25, 0.3) is 0 Å². The molecule has 3 rings (SSSR count). The van der Waals surface area contributed by atoms with Gasteiger partial charge < -0.3 is 9.64 Å². The first kappa shape index (κ1) is 24.2. The van der Waals surface area contributed by atoms with E-state index in [0.717, 1.165) is 32.7 Å². The highest BCUT2D eigenvalue weighted by atomic mass is 35.5. The van der Waals surface area contributed by atoms with Crippen LogP contribution in [0.5, 0.6) is 0 Å². The molecule has 164 valence electrons. The van der Waals surface area contributed by atoms with Gasteiger partial charge in [-0.05, 0) is 25.0 Å².